The largest absolute Gasteiger partial charge is 0.399 e. The molecule has 11 heavy (non-hydrogen) atoms. The third-order valence-corrected chi connectivity index (χ3v) is 1.40. The predicted molar refractivity (Wildman–Crippen MR) is 47.7 cm³/mol. The first kappa shape index (κ1) is 8.08. The Kier molecular flexibility index (Phi) is 2.49. The molecule has 1 rings (SSSR count). The molecule has 0 aromatic heterocycles. The van der Waals surface area contributed by atoms with Crippen molar-refractivity contribution in [2.24, 2.45) is 0 Å². The van der Waals surface area contributed by atoms with Crippen molar-refractivity contribution in [3.8, 4) is 0 Å². The molecule has 0 aliphatic heterocycles. The van der Waals surface area contributed by atoms with E-state index >= 15 is 0 Å². The molecule has 0 heterocycles. The van der Waals surface area contributed by atoms with E-state index in [2.05, 4.69) is 7.05 Å². The molecule has 0 spiro atoms. The van der Waals surface area contributed by atoms with Crippen LogP contribution in [0.25, 0.3) is 0 Å². The summed E-state index contributed by atoms with van der Waals surface area (Å²) in [5.74, 6) is 0. The van der Waals surface area contributed by atoms with Gasteiger partial charge in [0.05, 0.1) is 0 Å². The fourth-order valence-electron chi connectivity index (χ4n) is 1.00. The average molecular weight is 149 g/mol. The molecule has 0 saturated carbocycles. The van der Waals surface area contributed by atoms with E-state index in [1.165, 1.54) is 5.56 Å². The van der Waals surface area contributed by atoms with Crippen molar-refractivity contribution in [2.75, 3.05) is 12.8 Å². The molecule has 2 heteroatoms. The van der Waals surface area contributed by atoms with Gasteiger partial charge in [0.2, 0.25) is 0 Å². The molecule has 0 bridgehead atoms. The maximum Gasteiger partial charge on any atom is 0.0317 e. The van der Waals surface area contributed by atoms with Crippen molar-refractivity contribution < 1.29 is 0 Å². The summed E-state index contributed by atoms with van der Waals surface area (Å²) in [5, 5.41) is 0. The highest BCUT2D eigenvalue weighted by Crippen LogP contribution is 2.07. The van der Waals surface area contributed by atoms with E-state index in [9.17, 15) is 0 Å². The molecular formula is C9H13N2. The average Bonchev–Trinajstić information content (AvgIpc) is 1.85. The van der Waals surface area contributed by atoms with Crippen LogP contribution in [0, 0.1) is 7.05 Å². The van der Waals surface area contributed by atoms with Crippen LogP contribution in [0.3, 0.4) is 0 Å². The Morgan fingerprint density at radius 1 is 1.55 bits per heavy atom. The highest BCUT2D eigenvalue weighted by Gasteiger charge is 1.93. The van der Waals surface area contributed by atoms with E-state index < -0.39 is 0 Å². The van der Waals surface area contributed by atoms with E-state index in [0.717, 1.165) is 12.2 Å². The van der Waals surface area contributed by atoms with Crippen molar-refractivity contribution in [3.05, 3.63) is 36.9 Å². The molecule has 0 saturated heterocycles. The van der Waals surface area contributed by atoms with Crippen molar-refractivity contribution >= 4 is 5.69 Å². The lowest BCUT2D eigenvalue weighted by atomic mass is 10.2. The van der Waals surface area contributed by atoms with Crippen LogP contribution in [0.5, 0.6) is 0 Å². The van der Waals surface area contributed by atoms with Crippen LogP contribution in [0.1, 0.15) is 5.56 Å². The van der Waals surface area contributed by atoms with Crippen LogP contribution in [0.2, 0.25) is 0 Å². The van der Waals surface area contributed by atoms with Gasteiger partial charge in [-0.15, -0.1) is 0 Å². The second kappa shape index (κ2) is 3.39. The quantitative estimate of drug-likeness (QED) is 0.645. The van der Waals surface area contributed by atoms with Crippen molar-refractivity contribution in [1.29, 1.82) is 0 Å². The van der Waals surface area contributed by atoms with Gasteiger partial charge < -0.3 is 10.6 Å². The number of nitrogens with zero attached hydrogens (tertiary/aromatic N) is 1. The Morgan fingerprint density at radius 2 is 2.27 bits per heavy atom. The Balaban J connectivity index is 2.71. The van der Waals surface area contributed by atoms with Gasteiger partial charge in [-0.2, -0.15) is 0 Å². The monoisotopic (exact) mass is 149 g/mol. The molecule has 0 amide bonds. The van der Waals surface area contributed by atoms with Gasteiger partial charge in [-0.05, 0) is 24.7 Å². The lowest BCUT2D eigenvalue weighted by molar-refractivity contribution is 0.445. The number of benzene rings is 1. The van der Waals surface area contributed by atoms with Gasteiger partial charge in [0.25, 0.3) is 0 Å². The summed E-state index contributed by atoms with van der Waals surface area (Å²) in [4.78, 5) is 1.87. The minimum Gasteiger partial charge on any atom is -0.399 e. The van der Waals surface area contributed by atoms with E-state index in [1.807, 2.05) is 36.2 Å². The zero-order chi connectivity index (χ0) is 8.27. The second-order valence-corrected chi connectivity index (χ2v) is 2.76. The summed E-state index contributed by atoms with van der Waals surface area (Å²) in [5.41, 5.74) is 7.60. The van der Waals surface area contributed by atoms with E-state index in [0.29, 0.717) is 0 Å². The third kappa shape index (κ3) is 2.60. The number of hydrogen-bond acceptors (Lipinski definition) is 2. The number of anilines is 1. The molecule has 0 aliphatic carbocycles. The zero-order valence-corrected chi connectivity index (χ0v) is 6.75. The molecule has 0 atom stereocenters. The van der Waals surface area contributed by atoms with Gasteiger partial charge in [0, 0.05) is 19.3 Å². The summed E-state index contributed by atoms with van der Waals surface area (Å²) >= 11 is 0. The van der Waals surface area contributed by atoms with Crippen LogP contribution in [0.4, 0.5) is 5.69 Å². The summed E-state index contributed by atoms with van der Waals surface area (Å²) in [6.07, 6.45) is 0. The third-order valence-electron chi connectivity index (χ3n) is 1.40. The minimum atomic E-state index is 0.810. The number of hydrogen-bond donors (Lipinski definition) is 1. The van der Waals surface area contributed by atoms with Gasteiger partial charge >= 0.3 is 0 Å². The van der Waals surface area contributed by atoms with Gasteiger partial charge in [-0.1, -0.05) is 12.1 Å². The molecule has 1 aromatic carbocycles. The minimum absolute atomic E-state index is 0.810. The van der Waals surface area contributed by atoms with Crippen molar-refractivity contribution in [3.63, 3.8) is 0 Å². The number of rotatable bonds is 2. The molecular weight excluding hydrogens is 136 g/mol. The zero-order valence-electron chi connectivity index (χ0n) is 6.75. The molecule has 2 N–H and O–H groups in total. The summed E-state index contributed by atoms with van der Waals surface area (Å²) in [6.45, 7) is 0.838. The highest BCUT2D eigenvalue weighted by atomic mass is 15.0. The molecule has 0 aliphatic rings. The van der Waals surface area contributed by atoms with E-state index in [1.54, 1.807) is 0 Å². The normalized spacial score (nSPS) is 10.5. The molecule has 59 valence electrons. The molecule has 0 unspecified atom stereocenters. The van der Waals surface area contributed by atoms with Gasteiger partial charge in [-0.25, -0.2) is 0 Å². The fourth-order valence-corrected chi connectivity index (χ4v) is 1.00. The lowest BCUT2D eigenvalue weighted by Crippen LogP contribution is -2.07. The topological polar surface area (TPSA) is 29.3 Å². The summed E-state index contributed by atoms with van der Waals surface area (Å²) < 4.78 is 0. The smallest absolute Gasteiger partial charge is 0.0317 e. The van der Waals surface area contributed by atoms with Gasteiger partial charge in [0.1, 0.15) is 0 Å². The highest BCUT2D eigenvalue weighted by molar-refractivity contribution is 5.40. The molecule has 1 radical (unpaired) electrons. The molecule has 1 aromatic rings. The Labute approximate surface area is 67.6 Å². The first-order valence-corrected chi connectivity index (χ1v) is 3.54. The van der Waals surface area contributed by atoms with Gasteiger partial charge in [-0.3, -0.25) is 0 Å². The Bertz CT molecular complexity index is 231. The van der Waals surface area contributed by atoms with Crippen LogP contribution in [-0.4, -0.2) is 11.9 Å². The van der Waals surface area contributed by atoms with Crippen LogP contribution in [-0.2, 0) is 6.54 Å². The molecule has 2 nitrogen and oxygen atoms in total. The fraction of sp³-hybridized carbons (Fsp3) is 0.222. The first-order chi connectivity index (χ1) is 5.18. The van der Waals surface area contributed by atoms with Crippen LogP contribution in [0.15, 0.2) is 24.3 Å². The Hall–Kier alpha value is -1.02. The maximum absolute atomic E-state index is 5.60. The van der Waals surface area contributed by atoms with E-state index in [4.69, 9.17) is 5.73 Å². The molecule has 0 fully saturated rings. The second-order valence-electron chi connectivity index (χ2n) is 2.76. The van der Waals surface area contributed by atoms with Gasteiger partial charge in [0.15, 0.2) is 0 Å². The van der Waals surface area contributed by atoms with Crippen LogP contribution < -0.4 is 5.73 Å². The summed E-state index contributed by atoms with van der Waals surface area (Å²) in [7, 11) is 5.69. The first-order valence-electron chi connectivity index (χ1n) is 3.54. The van der Waals surface area contributed by atoms with Crippen LogP contribution >= 0.6 is 0 Å². The number of nitrogens with two attached hydrogens (primary N) is 1. The summed E-state index contributed by atoms with van der Waals surface area (Å²) in [6, 6.07) is 7.83. The van der Waals surface area contributed by atoms with Crippen molar-refractivity contribution in [2.45, 2.75) is 6.54 Å². The maximum atomic E-state index is 5.60. The SMILES string of the molecule is [CH2]N(C)Cc1cccc(N)c1. The van der Waals surface area contributed by atoms with Crippen molar-refractivity contribution in [1.82, 2.24) is 4.90 Å². The predicted octanol–water partition coefficient (Wildman–Crippen LogP) is 1.49. The Morgan fingerprint density at radius 3 is 2.82 bits per heavy atom. The van der Waals surface area contributed by atoms with E-state index in [-0.39, 0.29) is 0 Å². The number of nitrogen functional groups attached to an aromatic ring is 1. The lowest BCUT2D eigenvalue weighted by Gasteiger charge is -2.08. The standard InChI is InChI=1S/C9H13N2/c1-11(2)7-8-4-3-5-9(10)6-8/h3-6H,1,7,10H2,2H3.